The Morgan fingerprint density at radius 3 is 2.61 bits per heavy atom. The number of carbonyl (C=O) groups excluding carboxylic acids is 1. The highest BCUT2D eigenvalue weighted by molar-refractivity contribution is 7.92. The van der Waals surface area contributed by atoms with Gasteiger partial charge < -0.3 is 10.1 Å². The molecule has 2 aromatic rings. The normalized spacial score (nSPS) is 16.9. The van der Waals surface area contributed by atoms with Crippen LogP contribution in [0.1, 0.15) is 37.3 Å². The summed E-state index contributed by atoms with van der Waals surface area (Å²) in [6.45, 7) is 6.20. The van der Waals surface area contributed by atoms with E-state index in [2.05, 4.69) is 19.2 Å². The molecule has 1 amide bonds. The second kappa shape index (κ2) is 7.83. The number of para-hydroxylation sites is 1. The van der Waals surface area contributed by atoms with E-state index in [1.165, 1.54) is 10.6 Å². The van der Waals surface area contributed by atoms with Gasteiger partial charge in [0.1, 0.15) is 5.75 Å². The highest BCUT2D eigenvalue weighted by Crippen LogP contribution is 2.35. The molecule has 0 aliphatic carbocycles. The Balaban J connectivity index is 1.89. The summed E-state index contributed by atoms with van der Waals surface area (Å²) in [5.41, 5.74) is 3.18. The molecule has 1 aliphatic heterocycles. The summed E-state index contributed by atoms with van der Waals surface area (Å²) < 4.78 is 31.8. The van der Waals surface area contributed by atoms with Gasteiger partial charge in [-0.25, -0.2) is 8.42 Å². The average Bonchev–Trinajstić information content (AvgIpc) is 2.81. The Morgan fingerprint density at radius 2 is 1.93 bits per heavy atom. The van der Waals surface area contributed by atoms with Crippen molar-refractivity contribution < 1.29 is 17.9 Å². The van der Waals surface area contributed by atoms with E-state index in [0.29, 0.717) is 11.4 Å². The predicted molar refractivity (Wildman–Crippen MR) is 112 cm³/mol. The molecule has 1 N–H and O–H groups in total. The molecule has 1 aliphatic rings. The van der Waals surface area contributed by atoms with Crippen LogP contribution >= 0.6 is 0 Å². The summed E-state index contributed by atoms with van der Waals surface area (Å²) in [4.78, 5) is 12.9. The maximum Gasteiger partial charge on any atom is 0.265 e. The minimum absolute atomic E-state index is 0.180. The first kappa shape index (κ1) is 20.2. The van der Waals surface area contributed by atoms with Crippen LogP contribution in [0.2, 0.25) is 0 Å². The number of nitrogens with zero attached hydrogens (tertiary/aromatic N) is 1. The van der Waals surface area contributed by atoms with Crippen molar-refractivity contribution >= 4 is 27.3 Å². The Hall–Kier alpha value is -2.54. The highest BCUT2D eigenvalue weighted by atomic mass is 32.2. The molecule has 7 heteroatoms. The minimum Gasteiger partial charge on any atom is -0.478 e. The maximum atomic E-state index is 12.9. The quantitative estimate of drug-likeness (QED) is 0.847. The van der Waals surface area contributed by atoms with Crippen molar-refractivity contribution in [2.75, 3.05) is 22.4 Å². The van der Waals surface area contributed by atoms with Gasteiger partial charge in [0.05, 0.1) is 11.9 Å². The van der Waals surface area contributed by atoms with E-state index in [4.69, 9.17) is 4.74 Å². The molecule has 150 valence electrons. The fourth-order valence-corrected chi connectivity index (χ4v) is 4.28. The zero-order valence-corrected chi connectivity index (χ0v) is 17.4. The van der Waals surface area contributed by atoms with Gasteiger partial charge >= 0.3 is 0 Å². The van der Waals surface area contributed by atoms with Crippen LogP contribution in [0.15, 0.2) is 42.5 Å². The van der Waals surface area contributed by atoms with Gasteiger partial charge in [-0.15, -0.1) is 0 Å². The van der Waals surface area contributed by atoms with Crippen LogP contribution in [0.4, 0.5) is 11.4 Å². The maximum absolute atomic E-state index is 12.9. The Kier molecular flexibility index (Phi) is 5.65. The fraction of sp³-hybridized carbons (Fsp3) is 0.381. The second-order valence-electron chi connectivity index (χ2n) is 7.43. The first-order chi connectivity index (χ1) is 13.2. The third-order valence-corrected chi connectivity index (χ3v) is 5.96. The lowest BCUT2D eigenvalue weighted by molar-refractivity contribution is -0.122. The Bertz CT molecular complexity index is 986. The number of aryl methyl sites for hydroxylation is 1. The topological polar surface area (TPSA) is 75.7 Å². The lowest BCUT2D eigenvalue weighted by Gasteiger charge is -2.21. The molecule has 2 aromatic carbocycles. The molecule has 0 saturated carbocycles. The number of sulfonamides is 1. The van der Waals surface area contributed by atoms with Crippen LogP contribution < -0.4 is 14.4 Å². The number of nitrogens with one attached hydrogen (secondary N) is 1. The van der Waals surface area contributed by atoms with E-state index in [9.17, 15) is 13.2 Å². The van der Waals surface area contributed by atoms with Crippen molar-refractivity contribution in [2.24, 2.45) is 0 Å². The molecule has 0 aromatic heterocycles. The third-order valence-electron chi connectivity index (χ3n) is 4.78. The number of carbonyl (C=O) groups is 1. The van der Waals surface area contributed by atoms with Crippen LogP contribution in [0.25, 0.3) is 0 Å². The van der Waals surface area contributed by atoms with E-state index in [1.54, 1.807) is 12.1 Å². The molecule has 0 radical (unpaired) electrons. The van der Waals surface area contributed by atoms with Gasteiger partial charge in [0.2, 0.25) is 10.0 Å². The Morgan fingerprint density at radius 1 is 1.21 bits per heavy atom. The van der Waals surface area contributed by atoms with Gasteiger partial charge in [-0.2, -0.15) is 0 Å². The second-order valence-corrected chi connectivity index (χ2v) is 9.34. The van der Waals surface area contributed by atoms with E-state index < -0.39 is 16.1 Å². The van der Waals surface area contributed by atoms with Crippen molar-refractivity contribution in [3.63, 3.8) is 0 Å². The SMILES string of the molecule is Cc1ccc2c(c1)N(S(C)(=O)=O)CCC(C(=O)Nc1ccccc1C(C)C)O2. The zero-order valence-electron chi connectivity index (χ0n) is 16.6. The largest absolute Gasteiger partial charge is 0.478 e. The average molecular weight is 403 g/mol. The minimum atomic E-state index is -3.48. The molecule has 1 unspecified atom stereocenters. The number of fused-ring (bicyclic) bond motifs is 1. The van der Waals surface area contributed by atoms with Crippen molar-refractivity contribution in [1.82, 2.24) is 0 Å². The van der Waals surface area contributed by atoms with E-state index >= 15 is 0 Å². The van der Waals surface area contributed by atoms with Gasteiger partial charge in [0.15, 0.2) is 6.10 Å². The van der Waals surface area contributed by atoms with E-state index in [-0.39, 0.29) is 24.8 Å². The van der Waals surface area contributed by atoms with Crippen LogP contribution in [-0.2, 0) is 14.8 Å². The number of ether oxygens (including phenoxy) is 1. The number of hydrogen-bond donors (Lipinski definition) is 1. The first-order valence-electron chi connectivity index (χ1n) is 9.31. The molecule has 0 fully saturated rings. The van der Waals surface area contributed by atoms with Crippen LogP contribution in [0.5, 0.6) is 5.75 Å². The van der Waals surface area contributed by atoms with Gasteiger partial charge in [-0.3, -0.25) is 9.10 Å². The van der Waals surface area contributed by atoms with Crippen molar-refractivity contribution in [1.29, 1.82) is 0 Å². The molecule has 1 atom stereocenters. The van der Waals surface area contributed by atoms with Gasteiger partial charge in [0.25, 0.3) is 5.91 Å². The monoisotopic (exact) mass is 402 g/mol. The molecular formula is C21H26N2O4S. The van der Waals surface area contributed by atoms with Gasteiger partial charge in [-0.1, -0.05) is 38.1 Å². The van der Waals surface area contributed by atoms with Crippen molar-refractivity contribution in [3.8, 4) is 5.75 Å². The zero-order chi connectivity index (χ0) is 20.5. The summed E-state index contributed by atoms with van der Waals surface area (Å²) in [6.07, 6.45) is 0.642. The predicted octanol–water partition coefficient (Wildman–Crippen LogP) is 3.67. The van der Waals surface area contributed by atoms with Crippen molar-refractivity contribution in [2.45, 2.75) is 39.2 Å². The lowest BCUT2D eigenvalue weighted by atomic mass is 10.0. The van der Waals surface area contributed by atoms with Crippen LogP contribution in [0.3, 0.4) is 0 Å². The highest BCUT2D eigenvalue weighted by Gasteiger charge is 2.31. The number of anilines is 2. The van der Waals surface area contributed by atoms with E-state index in [0.717, 1.165) is 16.8 Å². The summed E-state index contributed by atoms with van der Waals surface area (Å²) in [5, 5.41) is 2.95. The van der Waals surface area contributed by atoms with Gasteiger partial charge in [-0.05, 0) is 42.2 Å². The summed E-state index contributed by atoms with van der Waals surface area (Å²) >= 11 is 0. The lowest BCUT2D eigenvalue weighted by Crippen LogP contribution is -2.36. The number of benzene rings is 2. The molecule has 6 nitrogen and oxygen atoms in total. The van der Waals surface area contributed by atoms with Gasteiger partial charge in [0, 0.05) is 18.7 Å². The number of amides is 1. The van der Waals surface area contributed by atoms with Crippen LogP contribution in [-0.4, -0.2) is 33.2 Å². The Labute approximate surface area is 166 Å². The molecule has 3 rings (SSSR count). The molecule has 0 saturated heterocycles. The first-order valence-corrected chi connectivity index (χ1v) is 11.2. The number of hydrogen-bond acceptors (Lipinski definition) is 4. The molecule has 0 bridgehead atoms. The fourth-order valence-electron chi connectivity index (χ4n) is 3.35. The number of rotatable bonds is 4. The van der Waals surface area contributed by atoms with Crippen LogP contribution in [0, 0.1) is 6.92 Å². The standard InChI is InChI=1S/C21H26N2O4S/c1-14(2)16-7-5-6-8-17(16)22-21(24)20-11-12-23(28(4,25)26)18-13-15(3)9-10-19(18)27-20/h5-10,13-14,20H,11-12H2,1-4H3,(H,22,24). The third kappa shape index (κ3) is 4.30. The molecule has 0 spiro atoms. The smallest absolute Gasteiger partial charge is 0.265 e. The van der Waals surface area contributed by atoms with Crippen molar-refractivity contribution in [3.05, 3.63) is 53.6 Å². The summed E-state index contributed by atoms with van der Waals surface area (Å²) in [7, 11) is -3.48. The molecule has 28 heavy (non-hydrogen) atoms. The summed E-state index contributed by atoms with van der Waals surface area (Å²) in [5.74, 6) is 0.372. The molecule has 1 heterocycles. The summed E-state index contributed by atoms with van der Waals surface area (Å²) in [6, 6.07) is 13.0. The molecular weight excluding hydrogens is 376 g/mol. The van der Waals surface area contributed by atoms with E-state index in [1.807, 2.05) is 37.3 Å².